The molecule has 0 aliphatic rings. The average Bonchev–Trinajstić information content (AvgIpc) is 2.50. The molecule has 1 aromatic heterocycles. The lowest BCUT2D eigenvalue weighted by atomic mass is 9.89. The van der Waals surface area contributed by atoms with Crippen LogP contribution in [0.15, 0.2) is 42.7 Å². The van der Waals surface area contributed by atoms with Gasteiger partial charge in [0.15, 0.2) is 0 Å². The summed E-state index contributed by atoms with van der Waals surface area (Å²) in [7, 11) is 1.64. The molecule has 0 aliphatic carbocycles. The van der Waals surface area contributed by atoms with Gasteiger partial charge in [-0.25, -0.2) is 0 Å². The number of aliphatic hydroxyl groups excluding tert-OH is 1. The topological polar surface area (TPSA) is 68.4 Å². The Morgan fingerprint density at radius 3 is 2.70 bits per heavy atom. The van der Waals surface area contributed by atoms with Crippen molar-refractivity contribution in [3.63, 3.8) is 0 Å². The average molecular weight is 272 g/mol. The van der Waals surface area contributed by atoms with E-state index >= 15 is 0 Å². The molecule has 0 aliphatic heterocycles. The number of benzene rings is 1. The molecular formula is C16H20N2O2. The number of aryl methyl sites for hydroxylation is 1. The van der Waals surface area contributed by atoms with Crippen LogP contribution in [0.3, 0.4) is 0 Å². The minimum atomic E-state index is -0.680. The molecule has 1 aromatic carbocycles. The summed E-state index contributed by atoms with van der Waals surface area (Å²) in [4.78, 5) is 4.04. The second-order valence-corrected chi connectivity index (χ2v) is 4.80. The van der Waals surface area contributed by atoms with Gasteiger partial charge < -0.3 is 15.6 Å². The second kappa shape index (κ2) is 6.50. The minimum Gasteiger partial charge on any atom is -0.496 e. The van der Waals surface area contributed by atoms with Gasteiger partial charge in [0.25, 0.3) is 0 Å². The lowest BCUT2D eigenvalue weighted by molar-refractivity contribution is 0.147. The number of hydrogen-bond acceptors (Lipinski definition) is 4. The van der Waals surface area contributed by atoms with Crippen molar-refractivity contribution in [3.8, 4) is 5.75 Å². The highest BCUT2D eigenvalue weighted by Crippen LogP contribution is 2.32. The number of nitrogens with two attached hydrogens (primary N) is 1. The van der Waals surface area contributed by atoms with Gasteiger partial charge in [-0.05, 0) is 35.7 Å². The maximum Gasteiger partial charge on any atom is 0.122 e. The van der Waals surface area contributed by atoms with Crippen LogP contribution >= 0.6 is 0 Å². The molecule has 0 saturated carbocycles. The van der Waals surface area contributed by atoms with Crippen LogP contribution in [0.4, 0.5) is 0 Å². The largest absolute Gasteiger partial charge is 0.496 e. The number of methoxy groups -OCH3 is 1. The Hall–Kier alpha value is -1.91. The molecular weight excluding hydrogens is 252 g/mol. The molecule has 1 heterocycles. The van der Waals surface area contributed by atoms with Gasteiger partial charge in [0, 0.05) is 24.9 Å². The Kier molecular flexibility index (Phi) is 4.71. The smallest absolute Gasteiger partial charge is 0.122 e. The highest BCUT2D eigenvalue weighted by molar-refractivity contribution is 5.39. The van der Waals surface area contributed by atoms with Gasteiger partial charge >= 0.3 is 0 Å². The standard InChI is InChI=1S/C16H20N2O2/c1-11-5-6-12(8-15(11)20-2)14(9-17)16(19)13-4-3-7-18-10-13/h3-8,10,14,16,19H,9,17H2,1-2H3. The van der Waals surface area contributed by atoms with E-state index in [4.69, 9.17) is 10.5 Å². The summed E-state index contributed by atoms with van der Waals surface area (Å²) in [5.74, 6) is 0.619. The molecule has 0 amide bonds. The van der Waals surface area contributed by atoms with Crippen molar-refractivity contribution in [2.24, 2.45) is 5.73 Å². The SMILES string of the molecule is COc1cc(C(CN)C(O)c2cccnc2)ccc1C. The summed E-state index contributed by atoms with van der Waals surface area (Å²) in [6.07, 6.45) is 2.67. The first-order valence-electron chi connectivity index (χ1n) is 6.60. The first-order chi connectivity index (χ1) is 9.67. The molecule has 2 aromatic rings. The van der Waals surface area contributed by atoms with E-state index in [1.54, 1.807) is 19.5 Å². The van der Waals surface area contributed by atoms with Crippen molar-refractivity contribution in [1.29, 1.82) is 0 Å². The molecule has 4 nitrogen and oxygen atoms in total. The quantitative estimate of drug-likeness (QED) is 0.875. The summed E-state index contributed by atoms with van der Waals surface area (Å²) in [5.41, 5.74) is 8.64. The van der Waals surface area contributed by atoms with Gasteiger partial charge in [-0.3, -0.25) is 4.98 Å². The summed E-state index contributed by atoms with van der Waals surface area (Å²) in [6.45, 7) is 2.33. The van der Waals surface area contributed by atoms with E-state index in [2.05, 4.69) is 4.98 Å². The van der Waals surface area contributed by atoms with Crippen LogP contribution in [0.5, 0.6) is 5.75 Å². The van der Waals surface area contributed by atoms with Crippen molar-refractivity contribution in [2.75, 3.05) is 13.7 Å². The molecule has 4 heteroatoms. The summed E-state index contributed by atoms with van der Waals surface area (Å²) in [6, 6.07) is 9.56. The Bertz CT molecular complexity index is 558. The molecule has 20 heavy (non-hydrogen) atoms. The number of pyridine rings is 1. The Morgan fingerprint density at radius 2 is 2.10 bits per heavy atom. The third-order valence-corrected chi connectivity index (χ3v) is 3.52. The van der Waals surface area contributed by atoms with Crippen LogP contribution < -0.4 is 10.5 Å². The van der Waals surface area contributed by atoms with Crippen LogP contribution in [0, 0.1) is 6.92 Å². The van der Waals surface area contributed by atoms with Gasteiger partial charge in [-0.15, -0.1) is 0 Å². The fourth-order valence-electron chi connectivity index (χ4n) is 2.30. The molecule has 0 spiro atoms. The highest BCUT2D eigenvalue weighted by atomic mass is 16.5. The lowest BCUT2D eigenvalue weighted by Crippen LogP contribution is -2.20. The van der Waals surface area contributed by atoms with E-state index in [1.165, 1.54) is 0 Å². The first-order valence-corrected chi connectivity index (χ1v) is 6.60. The zero-order valence-corrected chi connectivity index (χ0v) is 11.8. The lowest BCUT2D eigenvalue weighted by Gasteiger charge is -2.23. The maximum absolute atomic E-state index is 10.5. The second-order valence-electron chi connectivity index (χ2n) is 4.80. The third-order valence-electron chi connectivity index (χ3n) is 3.52. The van der Waals surface area contributed by atoms with E-state index in [1.807, 2.05) is 37.3 Å². The third kappa shape index (κ3) is 2.98. The predicted octanol–water partition coefficient (Wildman–Crippen LogP) is 2.17. The zero-order chi connectivity index (χ0) is 14.5. The van der Waals surface area contributed by atoms with Crippen molar-refractivity contribution in [2.45, 2.75) is 18.9 Å². The van der Waals surface area contributed by atoms with Crippen LogP contribution in [-0.4, -0.2) is 23.7 Å². The van der Waals surface area contributed by atoms with Crippen LogP contribution in [-0.2, 0) is 0 Å². The van der Waals surface area contributed by atoms with Gasteiger partial charge in [-0.1, -0.05) is 18.2 Å². The fraction of sp³-hybridized carbons (Fsp3) is 0.312. The fourth-order valence-corrected chi connectivity index (χ4v) is 2.30. The molecule has 2 rings (SSSR count). The molecule has 2 unspecified atom stereocenters. The maximum atomic E-state index is 10.5. The number of hydrogen-bond donors (Lipinski definition) is 2. The molecule has 0 radical (unpaired) electrons. The van der Waals surface area contributed by atoms with E-state index < -0.39 is 6.10 Å². The molecule has 106 valence electrons. The van der Waals surface area contributed by atoms with E-state index in [9.17, 15) is 5.11 Å². The number of aliphatic hydroxyl groups is 1. The van der Waals surface area contributed by atoms with Crippen LogP contribution in [0.1, 0.15) is 28.7 Å². The Labute approximate surface area is 119 Å². The summed E-state index contributed by atoms with van der Waals surface area (Å²) >= 11 is 0. The highest BCUT2D eigenvalue weighted by Gasteiger charge is 2.22. The molecule has 0 bridgehead atoms. The molecule has 0 saturated heterocycles. The summed E-state index contributed by atoms with van der Waals surface area (Å²) < 4.78 is 5.33. The normalized spacial score (nSPS) is 13.8. The summed E-state index contributed by atoms with van der Waals surface area (Å²) in [5, 5.41) is 10.5. The van der Waals surface area contributed by atoms with Crippen LogP contribution in [0.25, 0.3) is 0 Å². The zero-order valence-electron chi connectivity index (χ0n) is 11.8. The van der Waals surface area contributed by atoms with Crippen molar-refractivity contribution in [1.82, 2.24) is 4.98 Å². The van der Waals surface area contributed by atoms with E-state index in [0.29, 0.717) is 6.54 Å². The monoisotopic (exact) mass is 272 g/mol. The number of rotatable bonds is 5. The number of aromatic nitrogens is 1. The minimum absolute atomic E-state index is 0.186. The van der Waals surface area contributed by atoms with Crippen LogP contribution in [0.2, 0.25) is 0 Å². The van der Waals surface area contributed by atoms with Gasteiger partial charge in [0.2, 0.25) is 0 Å². The van der Waals surface area contributed by atoms with Gasteiger partial charge in [0.05, 0.1) is 13.2 Å². The molecule has 0 fully saturated rings. The number of ether oxygens (including phenoxy) is 1. The Balaban J connectivity index is 2.32. The first kappa shape index (κ1) is 14.5. The van der Waals surface area contributed by atoms with E-state index in [0.717, 1.165) is 22.4 Å². The number of nitrogens with zero attached hydrogens (tertiary/aromatic N) is 1. The Morgan fingerprint density at radius 1 is 1.30 bits per heavy atom. The molecule has 2 atom stereocenters. The van der Waals surface area contributed by atoms with Gasteiger partial charge in [0.1, 0.15) is 5.75 Å². The van der Waals surface area contributed by atoms with Gasteiger partial charge in [-0.2, -0.15) is 0 Å². The van der Waals surface area contributed by atoms with E-state index in [-0.39, 0.29) is 5.92 Å². The van der Waals surface area contributed by atoms with Crippen molar-refractivity contribution in [3.05, 3.63) is 59.4 Å². The predicted molar refractivity (Wildman–Crippen MR) is 78.7 cm³/mol. The van der Waals surface area contributed by atoms with Crippen molar-refractivity contribution < 1.29 is 9.84 Å². The van der Waals surface area contributed by atoms with Crippen molar-refractivity contribution >= 4 is 0 Å². The molecule has 3 N–H and O–H groups in total.